The van der Waals surface area contributed by atoms with Gasteiger partial charge in [0.1, 0.15) is 5.75 Å². The second-order valence-corrected chi connectivity index (χ2v) is 6.73. The van der Waals surface area contributed by atoms with E-state index in [1.807, 2.05) is 24.3 Å². The molecule has 0 aliphatic heterocycles. The molecule has 3 unspecified atom stereocenters. The second kappa shape index (κ2) is 6.68. The average molecular weight is 322 g/mol. The Labute approximate surface area is 142 Å². The minimum absolute atomic E-state index is 0.0305. The van der Waals surface area contributed by atoms with Crippen LogP contribution in [0.2, 0.25) is 0 Å². The van der Waals surface area contributed by atoms with E-state index < -0.39 is 0 Å². The summed E-state index contributed by atoms with van der Waals surface area (Å²) in [7, 11) is 0. The molecule has 0 spiro atoms. The lowest BCUT2D eigenvalue weighted by atomic mass is 9.94. The number of ether oxygens (including phenoxy) is 2. The van der Waals surface area contributed by atoms with Gasteiger partial charge in [0.15, 0.2) is 0 Å². The number of carbonyl (C=O) groups excluding carboxylic acids is 1. The Kier molecular flexibility index (Phi) is 4.24. The van der Waals surface area contributed by atoms with Gasteiger partial charge in [-0.3, -0.25) is 4.79 Å². The molecule has 3 atom stereocenters. The Hall–Kier alpha value is -2.29. The van der Waals surface area contributed by atoms with Crippen molar-refractivity contribution in [2.24, 2.45) is 17.8 Å². The lowest BCUT2D eigenvalue weighted by molar-refractivity contribution is -0.149. The molecule has 0 saturated heterocycles. The average Bonchev–Trinajstić information content (AvgIpc) is 3.25. The molecule has 2 bridgehead atoms. The van der Waals surface area contributed by atoms with Gasteiger partial charge in [0.2, 0.25) is 0 Å². The Bertz CT molecular complexity index is 759. The van der Waals surface area contributed by atoms with Gasteiger partial charge in [0.25, 0.3) is 0 Å². The maximum atomic E-state index is 12.1. The van der Waals surface area contributed by atoms with Gasteiger partial charge in [-0.1, -0.05) is 48.6 Å². The Balaban J connectivity index is 1.23. The molecule has 2 aromatic rings. The van der Waals surface area contributed by atoms with Gasteiger partial charge in [-0.15, -0.1) is 0 Å². The molecule has 1 saturated carbocycles. The van der Waals surface area contributed by atoms with Crippen LogP contribution in [0, 0.1) is 17.8 Å². The lowest BCUT2D eigenvalue weighted by Crippen LogP contribution is -2.22. The smallest absolute Gasteiger partial charge is 0.309 e. The summed E-state index contributed by atoms with van der Waals surface area (Å²) in [5, 5.41) is 2.29. The van der Waals surface area contributed by atoms with E-state index in [0.717, 1.165) is 24.0 Å². The maximum Gasteiger partial charge on any atom is 0.309 e. The number of fused-ring (bicyclic) bond motifs is 3. The van der Waals surface area contributed by atoms with E-state index in [-0.39, 0.29) is 11.9 Å². The van der Waals surface area contributed by atoms with Gasteiger partial charge in [0, 0.05) is 11.8 Å². The van der Waals surface area contributed by atoms with Gasteiger partial charge in [-0.05, 0) is 36.1 Å². The normalized spacial score (nSPS) is 24.4. The second-order valence-electron chi connectivity index (χ2n) is 6.73. The lowest BCUT2D eigenvalue weighted by Gasteiger charge is -2.16. The molecule has 0 N–H and O–H groups in total. The topological polar surface area (TPSA) is 35.5 Å². The van der Waals surface area contributed by atoms with E-state index in [1.54, 1.807) is 0 Å². The van der Waals surface area contributed by atoms with Crippen LogP contribution in [0.5, 0.6) is 5.75 Å². The maximum absolute atomic E-state index is 12.1. The summed E-state index contributed by atoms with van der Waals surface area (Å²) in [4.78, 5) is 12.1. The first-order valence-electron chi connectivity index (χ1n) is 8.77. The largest absolute Gasteiger partial charge is 0.493 e. The molecule has 2 aliphatic carbocycles. The molecule has 2 aromatic carbocycles. The van der Waals surface area contributed by atoms with Crippen molar-refractivity contribution < 1.29 is 14.3 Å². The summed E-state index contributed by atoms with van der Waals surface area (Å²) in [6.45, 7) is 0.985. The third kappa shape index (κ3) is 3.03. The van der Waals surface area contributed by atoms with Gasteiger partial charge >= 0.3 is 5.97 Å². The minimum Gasteiger partial charge on any atom is -0.493 e. The molecule has 4 rings (SSSR count). The van der Waals surface area contributed by atoms with Crippen LogP contribution >= 0.6 is 0 Å². The van der Waals surface area contributed by atoms with Crippen molar-refractivity contribution in [3.63, 3.8) is 0 Å². The van der Waals surface area contributed by atoms with Crippen LogP contribution in [-0.2, 0) is 9.53 Å². The first kappa shape index (κ1) is 15.3. The highest BCUT2D eigenvalue weighted by Gasteiger charge is 2.40. The zero-order valence-corrected chi connectivity index (χ0v) is 13.7. The predicted molar refractivity (Wildman–Crippen MR) is 93.9 cm³/mol. The number of hydrogen-bond acceptors (Lipinski definition) is 3. The van der Waals surface area contributed by atoms with E-state index in [1.165, 1.54) is 5.39 Å². The van der Waals surface area contributed by atoms with E-state index in [4.69, 9.17) is 9.47 Å². The van der Waals surface area contributed by atoms with Gasteiger partial charge in [0.05, 0.1) is 19.1 Å². The zero-order valence-electron chi connectivity index (χ0n) is 13.7. The summed E-state index contributed by atoms with van der Waals surface area (Å²) >= 11 is 0. The van der Waals surface area contributed by atoms with E-state index in [2.05, 4.69) is 30.4 Å². The molecule has 24 heavy (non-hydrogen) atoms. The molecule has 3 nitrogen and oxygen atoms in total. The van der Waals surface area contributed by atoms with E-state index >= 15 is 0 Å². The van der Waals surface area contributed by atoms with Crippen LogP contribution in [0.1, 0.15) is 19.3 Å². The zero-order chi connectivity index (χ0) is 16.4. The highest BCUT2D eigenvalue weighted by atomic mass is 16.5. The summed E-state index contributed by atoms with van der Waals surface area (Å²) in [5.41, 5.74) is 0. The first-order valence-corrected chi connectivity index (χ1v) is 8.77. The molecular weight excluding hydrogens is 300 g/mol. The van der Waals surface area contributed by atoms with Crippen LogP contribution in [-0.4, -0.2) is 19.2 Å². The van der Waals surface area contributed by atoms with Crippen molar-refractivity contribution in [1.29, 1.82) is 0 Å². The Morgan fingerprint density at radius 3 is 2.71 bits per heavy atom. The van der Waals surface area contributed by atoms with Crippen molar-refractivity contribution in [3.05, 3.63) is 54.6 Å². The monoisotopic (exact) mass is 322 g/mol. The fourth-order valence-electron chi connectivity index (χ4n) is 3.89. The van der Waals surface area contributed by atoms with Crippen molar-refractivity contribution in [2.75, 3.05) is 13.2 Å². The minimum atomic E-state index is -0.0305. The van der Waals surface area contributed by atoms with Gasteiger partial charge in [-0.2, -0.15) is 0 Å². The number of benzene rings is 2. The predicted octanol–water partition coefficient (Wildman–Crippen LogP) is 4.36. The summed E-state index contributed by atoms with van der Waals surface area (Å²) in [6, 6.07) is 14.2. The summed E-state index contributed by atoms with van der Waals surface area (Å²) < 4.78 is 11.3. The van der Waals surface area contributed by atoms with Crippen LogP contribution in [0.4, 0.5) is 0 Å². The molecule has 3 heteroatoms. The number of allylic oxidation sites excluding steroid dienone is 2. The van der Waals surface area contributed by atoms with E-state index in [9.17, 15) is 4.79 Å². The Morgan fingerprint density at radius 2 is 1.88 bits per heavy atom. The molecular formula is C21H22O3. The van der Waals surface area contributed by atoms with Crippen molar-refractivity contribution >= 4 is 16.7 Å². The van der Waals surface area contributed by atoms with Crippen molar-refractivity contribution in [2.45, 2.75) is 19.3 Å². The van der Waals surface area contributed by atoms with Crippen LogP contribution < -0.4 is 4.74 Å². The van der Waals surface area contributed by atoms with Crippen molar-refractivity contribution in [3.8, 4) is 5.75 Å². The molecule has 124 valence electrons. The standard InChI is InChI=1S/C21H22O3/c22-21(19-14-15-9-10-17(19)13-15)24-12-4-11-23-20-8-3-6-16-5-1-2-7-18(16)20/h1-3,5-10,15,17,19H,4,11-14H2. The third-order valence-electron chi connectivity index (χ3n) is 5.12. The van der Waals surface area contributed by atoms with Crippen LogP contribution in [0.3, 0.4) is 0 Å². The molecule has 1 fully saturated rings. The summed E-state index contributed by atoms with van der Waals surface area (Å²) in [6.07, 6.45) is 7.23. The number of rotatable bonds is 6. The number of carbonyl (C=O) groups is 1. The Morgan fingerprint density at radius 1 is 1.00 bits per heavy atom. The first-order chi connectivity index (χ1) is 11.8. The number of hydrogen-bond donors (Lipinski definition) is 0. The molecule has 0 amide bonds. The molecule has 0 radical (unpaired) electrons. The highest BCUT2D eigenvalue weighted by Crippen LogP contribution is 2.43. The quantitative estimate of drug-likeness (QED) is 0.450. The fourth-order valence-corrected chi connectivity index (χ4v) is 3.89. The van der Waals surface area contributed by atoms with Crippen LogP contribution in [0.15, 0.2) is 54.6 Å². The number of esters is 1. The molecule has 2 aliphatic rings. The van der Waals surface area contributed by atoms with Gasteiger partial charge in [-0.25, -0.2) is 0 Å². The third-order valence-corrected chi connectivity index (χ3v) is 5.12. The highest BCUT2D eigenvalue weighted by molar-refractivity contribution is 5.88. The fraction of sp³-hybridized carbons (Fsp3) is 0.381. The molecule has 0 heterocycles. The summed E-state index contributed by atoms with van der Waals surface area (Å²) in [5.74, 6) is 1.95. The van der Waals surface area contributed by atoms with Gasteiger partial charge < -0.3 is 9.47 Å². The molecule has 0 aromatic heterocycles. The van der Waals surface area contributed by atoms with Crippen LogP contribution in [0.25, 0.3) is 10.8 Å². The van der Waals surface area contributed by atoms with Crippen molar-refractivity contribution in [1.82, 2.24) is 0 Å². The van der Waals surface area contributed by atoms with E-state index in [0.29, 0.717) is 31.5 Å². The SMILES string of the molecule is O=C(OCCCOc1cccc2ccccc12)C1CC2C=CC1C2.